The molecule has 0 spiro atoms. The van der Waals surface area contributed by atoms with E-state index in [-0.39, 0.29) is 16.8 Å². The fourth-order valence-corrected chi connectivity index (χ4v) is 2.97. The van der Waals surface area contributed by atoms with Crippen LogP contribution in [0.3, 0.4) is 0 Å². The van der Waals surface area contributed by atoms with Crippen molar-refractivity contribution in [3.8, 4) is 18.2 Å². The van der Waals surface area contributed by atoms with Crippen LogP contribution in [-0.2, 0) is 0 Å². The molecule has 1 aliphatic rings. The summed E-state index contributed by atoms with van der Waals surface area (Å²) in [4.78, 5) is 8.24. The van der Waals surface area contributed by atoms with Gasteiger partial charge in [0, 0.05) is 0 Å². The Labute approximate surface area is 124 Å². The molecule has 0 radical (unpaired) electrons. The summed E-state index contributed by atoms with van der Waals surface area (Å²) in [6.45, 7) is 0. The predicted molar refractivity (Wildman–Crippen MR) is 78.1 cm³/mol. The molecule has 7 heteroatoms. The number of thioether (sulfide) groups is 2. The first-order chi connectivity index (χ1) is 9.78. The van der Waals surface area contributed by atoms with E-state index in [0.717, 1.165) is 4.24 Å². The molecular formula is C13H5N5S2. The molecule has 0 unspecified atom stereocenters. The molecule has 0 fully saturated rings. The van der Waals surface area contributed by atoms with Gasteiger partial charge in [-0.15, -0.1) is 0 Å². The summed E-state index contributed by atoms with van der Waals surface area (Å²) in [6.07, 6.45) is 4.76. The van der Waals surface area contributed by atoms with Crippen molar-refractivity contribution >= 4 is 35.2 Å². The minimum atomic E-state index is -0.265. The van der Waals surface area contributed by atoms with Crippen LogP contribution in [0.2, 0.25) is 0 Å². The van der Waals surface area contributed by atoms with Gasteiger partial charge in [0.05, 0.1) is 22.3 Å². The van der Waals surface area contributed by atoms with Gasteiger partial charge in [-0.2, -0.15) is 15.8 Å². The monoisotopic (exact) mass is 295 g/mol. The molecule has 0 atom stereocenters. The molecule has 94 valence electrons. The zero-order valence-corrected chi connectivity index (χ0v) is 11.6. The minimum Gasteiger partial charge on any atom is -0.253 e. The number of rotatable bonds is 2. The maximum Gasteiger partial charge on any atom is 0.149 e. The van der Waals surface area contributed by atoms with Crippen molar-refractivity contribution in [1.29, 1.82) is 15.8 Å². The first-order valence-electron chi connectivity index (χ1n) is 5.25. The van der Waals surface area contributed by atoms with Crippen molar-refractivity contribution in [3.05, 3.63) is 44.4 Å². The van der Waals surface area contributed by atoms with E-state index in [1.54, 1.807) is 35.7 Å². The molecule has 0 amide bonds. The van der Waals surface area contributed by atoms with E-state index in [0.29, 0.717) is 5.69 Å². The summed E-state index contributed by atoms with van der Waals surface area (Å²) in [5, 5.41) is 30.5. The van der Waals surface area contributed by atoms with Gasteiger partial charge in [-0.1, -0.05) is 23.5 Å². The van der Waals surface area contributed by atoms with Crippen LogP contribution in [0.25, 0.3) is 11.6 Å². The molecule has 0 saturated carbocycles. The lowest BCUT2D eigenvalue weighted by Crippen LogP contribution is -1.94. The maximum atomic E-state index is 9.01. The van der Waals surface area contributed by atoms with Gasteiger partial charge >= 0.3 is 0 Å². The van der Waals surface area contributed by atoms with Gasteiger partial charge in [-0.3, -0.25) is 9.97 Å². The van der Waals surface area contributed by atoms with Gasteiger partial charge in [-0.25, -0.2) is 0 Å². The van der Waals surface area contributed by atoms with Crippen molar-refractivity contribution in [2.45, 2.75) is 0 Å². The molecule has 20 heavy (non-hydrogen) atoms. The minimum absolute atomic E-state index is 0.0620. The number of allylic oxidation sites excluding steroid dienone is 2. The van der Waals surface area contributed by atoms with Crippen molar-refractivity contribution < 1.29 is 0 Å². The van der Waals surface area contributed by atoms with Gasteiger partial charge in [0.1, 0.15) is 35.0 Å². The number of hydrogen-bond donors (Lipinski definition) is 0. The Balaban J connectivity index is 2.32. The second-order valence-corrected chi connectivity index (χ2v) is 5.54. The second kappa shape index (κ2) is 6.58. The van der Waals surface area contributed by atoms with Crippen LogP contribution in [0.5, 0.6) is 0 Å². The summed E-state index contributed by atoms with van der Waals surface area (Å²) in [6, 6.07) is 5.16. The molecule has 2 rings (SSSR count). The van der Waals surface area contributed by atoms with Crippen molar-refractivity contribution in [2.24, 2.45) is 0 Å². The molecule has 1 aromatic rings. The smallest absolute Gasteiger partial charge is 0.149 e. The van der Waals surface area contributed by atoms with E-state index in [2.05, 4.69) is 9.97 Å². The molecule has 1 aromatic heterocycles. The van der Waals surface area contributed by atoms with Crippen LogP contribution >= 0.6 is 23.5 Å². The maximum absolute atomic E-state index is 9.01. The largest absolute Gasteiger partial charge is 0.253 e. The molecule has 5 nitrogen and oxygen atoms in total. The number of nitriles is 3. The quantitative estimate of drug-likeness (QED) is 0.773. The summed E-state index contributed by atoms with van der Waals surface area (Å²) in [7, 11) is 0. The zero-order valence-electron chi connectivity index (χ0n) is 9.94. The van der Waals surface area contributed by atoms with Crippen LogP contribution in [0, 0.1) is 34.0 Å². The summed E-state index contributed by atoms with van der Waals surface area (Å²) >= 11 is 3.18. The van der Waals surface area contributed by atoms with Gasteiger partial charge in [0.15, 0.2) is 0 Å². The Morgan fingerprint density at radius 1 is 1.00 bits per heavy atom. The summed E-state index contributed by atoms with van der Waals surface area (Å²) in [5.74, 6) is 0. The fraction of sp³-hybridized carbons (Fsp3) is 0. The van der Waals surface area contributed by atoms with Crippen LogP contribution in [0.15, 0.2) is 33.0 Å². The second-order valence-electron chi connectivity index (χ2n) is 3.38. The van der Waals surface area contributed by atoms with E-state index >= 15 is 0 Å². The Morgan fingerprint density at radius 3 is 2.20 bits per heavy atom. The molecule has 2 heterocycles. The van der Waals surface area contributed by atoms with E-state index in [9.17, 15) is 0 Å². The average Bonchev–Trinajstić information content (AvgIpc) is 2.99. The molecule has 1 aliphatic heterocycles. The first kappa shape index (κ1) is 13.9. The third-order valence-corrected chi connectivity index (χ3v) is 4.20. The Kier molecular flexibility index (Phi) is 4.57. The molecular weight excluding hydrogens is 290 g/mol. The van der Waals surface area contributed by atoms with Crippen LogP contribution < -0.4 is 0 Å². The normalized spacial score (nSPS) is 12.2. The first-order valence-corrected chi connectivity index (χ1v) is 7.01. The van der Waals surface area contributed by atoms with Gasteiger partial charge < -0.3 is 0 Å². The lowest BCUT2D eigenvalue weighted by atomic mass is 10.1. The molecule has 0 aliphatic carbocycles. The van der Waals surface area contributed by atoms with Gasteiger partial charge in [0.25, 0.3) is 0 Å². The molecule has 0 N–H and O–H groups in total. The average molecular weight is 295 g/mol. The summed E-state index contributed by atoms with van der Waals surface area (Å²) < 4.78 is 1.08. The van der Waals surface area contributed by atoms with E-state index in [4.69, 9.17) is 15.8 Å². The van der Waals surface area contributed by atoms with Gasteiger partial charge in [-0.05, 0) is 16.9 Å². The van der Waals surface area contributed by atoms with E-state index < -0.39 is 0 Å². The Hall–Kier alpha value is -2.53. The predicted octanol–water partition coefficient (Wildman–Crippen LogP) is 3.05. The molecule has 0 aromatic carbocycles. The lowest BCUT2D eigenvalue weighted by molar-refractivity contribution is 1.15. The highest BCUT2D eigenvalue weighted by atomic mass is 32.2. The third kappa shape index (κ3) is 3.07. The van der Waals surface area contributed by atoms with E-state index in [1.807, 2.05) is 23.0 Å². The lowest BCUT2D eigenvalue weighted by Gasteiger charge is -1.99. The van der Waals surface area contributed by atoms with Crippen LogP contribution in [0.1, 0.15) is 11.4 Å². The molecule has 0 saturated heterocycles. The number of hydrogen-bond acceptors (Lipinski definition) is 7. The Morgan fingerprint density at radius 2 is 1.70 bits per heavy atom. The topological polar surface area (TPSA) is 97.2 Å². The standard InChI is InChI=1S/C13H5N5S2/c14-4-9(5-15)11(6-16)12-8-17-10(7-18-12)3-13-19-1-2-20-13/h1-3,7-8H. The number of nitrogens with zero attached hydrogens (tertiary/aromatic N) is 5. The SMILES string of the molecule is N#CC(C#N)=C(C#N)c1cnc(C=C2SC=CS2)cn1. The highest BCUT2D eigenvalue weighted by Gasteiger charge is 2.11. The van der Waals surface area contributed by atoms with Crippen LogP contribution in [-0.4, -0.2) is 9.97 Å². The van der Waals surface area contributed by atoms with E-state index in [1.165, 1.54) is 12.4 Å². The Bertz CT molecular complexity index is 713. The van der Waals surface area contributed by atoms with Crippen molar-refractivity contribution in [1.82, 2.24) is 9.97 Å². The van der Waals surface area contributed by atoms with Crippen LogP contribution in [0.4, 0.5) is 0 Å². The van der Waals surface area contributed by atoms with Crippen molar-refractivity contribution in [2.75, 3.05) is 0 Å². The number of aromatic nitrogens is 2. The molecule has 0 bridgehead atoms. The van der Waals surface area contributed by atoms with Gasteiger partial charge in [0.2, 0.25) is 0 Å². The zero-order chi connectivity index (χ0) is 14.4. The van der Waals surface area contributed by atoms with Crippen molar-refractivity contribution in [3.63, 3.8) is 0 Å². The third-order valence-electron chi connectivity index (χ3n) is 2.20. The summed E-state index contributed by atoms with van der Waals surface area (Å²) in [5.41, 5.74) is 0.546. The highest BCUT2D eigenvalue weighted by Crippen LogP contribution is 2.38. The highest BCUT2D eigenvalue weighted by molar-refractivity contribution is 8.27. The fourth-order valence-electron chi connectivity index (χ4n) is 1.33.